The minimum absolute atomic E-state index is 0.243. The lowest BCUT2D eigenvalue weighted by atomic mass is 10.3. The fraction of sp³-hybridized carbons (Fsp3) is 0.250. The second-order valence-electron chi connectivity index (χ2n) is 4.19. The number of aromatic amines is 1. The predicted octanol–water partition coefficient (Wildman–Crippen LogP) is 0.902. The third kappa shape index (κ3) is 3.28. The van der Waals surface area contributed by atoms with Crippen LogP contribution in [0.2, 0.25) is 0 Å². The van der Waals surface area contributed by atoms with E-state index in [0.29, 0.717) is 18.9 Å². The Bertz CT molecular complexity index is 663. The molecule has 2 aromatic rings. The molecule has 8 heteroatoms. The van der Waals surface area contributed by atoms with Crippen LogP contribution in [0.15, 0.2) is 35.4 Å². The van der Waals surface area contributed by atoms with Crippen LogP contribution in [0.4, 0.5) is 11.5 Å². The van der Waals surface area contributed by atoms with E-state index in [0.717, 1.165) is 11.3 Å². The maximum atomic E-state index is 11.8. The van der Waals surface area contributed by atoms with Crippen molar-refractivity contribution in [2.75, 3.05) is 17.6 Å². The van der Waals surface area contributed by atoms with E-state index in [1.54, 1.807) is 37.4 Å². The van der Waals surface area contributed by atoms with Gasteiger partial charge in [-0.25, -0.2) is 13.1 Å². The van der Waals surface area contributed by atoms with E-state index in [-0.39, 0.29) is 4.90 Å². The molecule has 0 bridgehead atoms. The molecule has 1 heterocycles. The third-order valence-corrected chi connectivity index (χ3v) is 4.29. The van der Waals surface area contributed by atoms with Gasteiger partial charge in [0.05, 0.1) is 11.1 Å². The van der Waals surface area contributed by atoms with Gasteiger partial charge in [-0.15, -0.1) is 0 Å². The summed E-state index contributed by atoms with van der Waals surface area (Å²) < 4.78 is 26.0. The van der Waals surface area contributed by atoms with Gasteiger partial charge in [-0.3, -0.25) is 5.10 Å². The Morgan fingerprint density at radius 3 is 2.55 bits per heavy atom. The van der Waals surface area contributed by atoms with E-state index in [1.807, 2.05) is 0 Å². The number of sulfonamides is 1. The van der Waals surface area contributed by atoms with Crippen LogP contribution in [0.5, 0.6) is 0 Å². The summed E-state index contributed by atoms with van der Waals surface area (Å²) in [6.07, 6.45) is 1.65. The summed E-state index contributed by atoms with van der Waals surface area (Å²) in [6, 6.07) is 6.53. The van der Waals surface area contributed by atoms with E-state index in [4.69, 9.17) is 5.73 Å². The summed E-state index contributed by atoms with van der Waals surface area (Å²) in [5.41, 5.74) is 7.34. The zero-order valence-electron chi connectivity index (χ0n) is 11.1. The molecule has 0 fully saturated rings. The first-order valence-corrected chi connectivity index (χ1v) is 7.62. The van der Waals surface area contributed by atoms with Crippen molar-refractivity contribution >= 4 is 21.5 Å². The number of aromatic nitrogens is 2. The number of benzene rings is 1. The van der Waals surface area contributed by atoms with Crippen molar-refractivity contribution in [3.63, 3.8) is 0 Å². The molecule has 0 aliphatic rings. The van der Waals surface area contributed by atoms with Crippen molar-refractivity contribution < 1.29 is 8.42 Å². The van der Waals surface area contributed by atoms with Crippen molar-refractivity contribution in [3.8, 4) is 0 Å². The molecule has 0 saturated carbocycles. The van der Waals surface area contributed by atoms with Gasteiger partial charge in [-0.05, 0) is 24.3 Å². The number of anilines is 2. The fourth-order valence-electron chi connectivity index (χ4n) is 1.68. The number of nitrogens with one attached hydrogen (secondary N) is 3. The van der Waals surface area contributed by atoms with Crippen molar-refractivity contribution in [3.05, 3.63) is 36.0 Å². The molecule has 0 atom stereocenters. The van der Waals surface area contributed by atoms with Gasteiger partial charge >= 0.3 is 0 Å². The Morgan fingerprint density at radius 1 is 1.30 bits per heavy atom. The molecule has 0 radical (unpaired) electrons. The second-order valence-corrected chi connectivity index (χ2v) is 5.96. The van der Waals surface area contributed by atoms with Crippen LogP contribution >= 0.6 is 0 Å². The average Bonchev–Trinajstić information content (AvgIpc) is 2.82. The van der Waals surface area contributed by atoms with Gasteiger partial charge in [-0.2, -0.15) is 5.10 Å². The van der Waals surface area contributed by atoms with E-state index in [1.165, 1.54) is 0 Å². The zero-order chi connectivity index (χ0) is 14.6. The first kappa shape index (κ1) is 14.4. The molecule has 1 aromatic heterocycles. The topological polar surface area (TPSA) is 113 Å². The number of hydrogen-bond donors (Lipinski definition) is 4. The summed E-state index contributed by atoms with van der Waals surface area (Å²) >= 11 is 0. The summed E-state index contributed by atoms with van der Waals surface area (Å²) in [5, 5.41) is 9.61. The molecule has 108 valence electrons. The fourth-order valence-corrected chi connectivity index (χ4v) is 2.73. The van der Waals surface area contributed by atoms with Crippen LogP contribution in [0.25, 0.3) is 0 Å². The lowest BCUT2D eigenvalue weighted by Gasteiger charge is -2.08. The molecule has 20 heavy (non-hydrogen) atoms. The monoisotopic (exact) mass is 295 g/mol. The number of nitrogen functional groups attached to an aromatic ring is 1. The lowest BCUT2D eigenvalue weighted by molar-refractivity contribution is 0.584. The molecule has 0 spiro atoms. The number of rotatable bonds is 6. The third-order valence-electron chi connectivity index (χ3n) is 2.73. The molecule has 0 aliphatic heterocycles. The maximum Gasteiger partial charge on any atom is 0.240 e. The van der Waals surface area contributed by atoms with E-state index in [2.05, 4.69) is 20.2 Å². The van der Waals surface area contributed by atoms with Crippen molar-refractivity contribution in [1.29, 1.82) is 0 Å². The Balaban J connectivity index is 2.04. The van der Waals surface area contributed by atoms with E-state index in [9.17, 15) is 8.42 Å². The minimum atomic E-state index is -3.40. The van der Waals surface area contributed by atoms with Crippen LogP contribution in [-0.2, 0) is 16.6 Å². The second kappa shape index (κ2) is 5.93. The Morgan fingerprint density at radius 2 is 2.00 bits per heavy atom. The largest absolute Gasteiger partial charge is 0.384 e. The maximum absolute atomic E-state index is 11.8. The summed E-state index contributed by atoms with van der Waals surface area (Å²) in [6.45, 7) is 2.62. The summed E-state index contributed by atoms with van der Waals surface area (Å²) in [5.74, 6) is 0.517. The first-order valence-electron chi connectivity index (χ1n) is 6.14. The van der Waals surface area contributed by atoms with Crippen molar-refractivity contribution in [1.82, 2.24) is 14.9 Å². The highest BCUT2D eigenvalue weighted by Crippen LogP contribution is 2.15. The number of nitrogens with zero attached hydrogens (tertiary/aromatic N) is 1. The number of nitrogens with two attached hydrogens (primary N) is 1. The SMILES string of the molecule is CCNS(=O)(=O)c1ccc(NCc2cn[nH]c2N)cc1. The summed E-state index contributed by atoms with van der Waals surface area (Å²) in [7, 11) is -3.40. The Labute approximate surface area is 117 Å². The van der Waals surface area contributed by atoms with Crippen LogP contribution in [0.1, 0.15) is 12.5 Å². The van der Waals surface area contributed by atoms with Gasteiger partial charge in [0, 0.05) is 24.3 Å². The molecular weight excluding hydrogens is 278 g/mol. The molecule has 0 saturated heterocycles. The number of hydrogen-bond acceptors (Lipinski definition) is 5. The van der Waals surface area contributed by atoms with Gasteiger partial charge < -0.3 is 11.1 Å². The van der Waals surface area contributed by atoms with E-state index < -0.39 is 10.0 Å². The van der Waals surface area contributed by atoms with E-state index >= 15 is 0 Å². The van der Waals surface area contributed by atoms with Gasteiger partial charge in [0.2, 0.25) is 10.0 Å². The molecule has 2 rings (SSSR count). The zero-order valence-corrected chi connectivity index (χ0v) is 11.9. The Kier molecular flexibility index (Phi) is 4.26. The molecule has 0 amide bonds. The summed E-state index contributed by atoms with van der Waals surface area (Å²) in [4.78, 5) is 0.243. The standard InChI is InChI=1S/C12H17N5O2S/c1-2-16-20(18,19)11-5-3-10(4-6-11)14-7-9-8-15-17-12(9)13/h3-6,8,14,16H,2,7H2,1H3,(H3,13,15,17). The van der Waals surface area contributed by atoms with Gasteiger partial charge in [0.25, 0.3) is 0 Å². The van der Waals surface area contributed by atoms with Crippen molar-refractivity contribution in [2.24, 2.45) is 0 Å². The molecule has 1 aromatic carbocycles. The quantitative estimate of drug-likeness (QED) is 0.632. The minimum Gasteiger partial charge on any atom is -0.384 e. The normalized spacial score (nSPS) is 11.4. The molecule has 0 unspecified atom stereocenters. The average molecular weight is 295 g/mol. The highest BCUT2D eigenvalue weighted by Gasteiger charge is 2.11. The highest BCUT2D eigenvalue weighted by atomic mass is 32.2. The van der Waals surface area contributed by atoms with Crippen LogP contribution in [0.3, 0.4) is 0 Å². The molecular formula is C12H17N5O2S. The predicted molar refractivity (Wildman–Crippen MR) is 77.6 cm³/mol. The Hall–Kier alpha value is -2.06. The molecule has 0 aliphatic carbocycles. The van der Waals surface area contributed by atoms with Crippen LogP contribution in [0, 0.1) is 0 Å². The molecule has 7 nitrogen and oxygen atoms in total. The van der Waals surface area contributed by atoms with Crippen LogP contribution in [-0.4, -0.2) is 25.2 Å². The first-order chi connectivity index (χ1) is 9.53. The van der Waals surface area contributed by atoms with Crippen molar-refractivity contribution in [2.45, 2.75) is 18.4 Å². The lowest BCUT2D eigenvalue weighted by Crippen LogP contribution is -2.23. The molecule has 5 N–H and O–H groups in total. The number of H-pyrrole nitrogens is 1. The van der Waals surface area contributed by atoms with Gasteiger partial charge in [-0.1, -0.05) is 6.92 Å². The van der Waals surface area contributed by atoms with Crippen LogP contribution < -0.4 is 15.8 Å². The smallest absolute Gasteiger partial charge is 0.240 e. The van der Waals surface area contributed by atoms with Gasteiger partial charge in [0.15, 0.2) is 0 Å². The van der Waals surface area contributed by atoms with Gasteiger partial charge in [0.1, 0.15) is 5.82 Å². The highest BCUT2D eigenvalue weighted by molar-refractivity contribution is 7.89.